The van der Waals surface area contributed by atoms with Gasteiger partial charge in [0.2, 0.25) is 0 Å². The second-order valence-electron chi connectivity index (χ2n) is 6.14. The number of amides is 1. The van der Waals surface area contributed by atoms with Crippen molar-refractivity contribution in [3.63, 3.8) is 0 Å². The normalized spacial score (nSPS) is 11.1. The van der Waals surface area contributed by atoms with Crippen LogP contribution in [0.1, 0.15) is 0 Å². The Balaban J connectivity index is 1.61. The van der Waals surface area contributed by atoms with Crippen LogP contribution in [0.4, 0.5) is 11.4 Å². The quantitative estimate of drug-likeness (QED) is 0.394. The maximum Gasteiger partial charge on any atom is 0.262 e. The van der Waals surface area contributed by atoms with Gasteiger partial charge in [-0.2, -0.15) is 0 Å². The lowest BCUT2D eigenvalue weighted by Gasteiger charge is -2.11. The van der Waals surface area contributed by atoms with Crippen LogP contribution >= 0.6 is 46.4 Å². The van der Waals surface area contributed by atoms with E-state index in [0.717, 1.165) is 0 Å². The van der Waals surface area contributed by atoms with Gasteiger partial charge in [0.15, 0.2) is 6.61 Å². The van der Waals surface area contributed by atoms with Gasteiger partial charge >= 0.3 is 0 Å². The molecule has 0 aliphatic rings. The van der Waals surface area contributed by atoms with Crippen LogP contribution in [0.25, 0.3) is 0 Å². The number of anilines is 2. The van der Waals surface area contributed by atoms with Gasteiger partial charge in [0, 0.05) is 0 Å². The van der Waals surface area contributed by atoms with Crippen molar-refractivity contribution >= 4 is 73.7 Å². The minimum Gasteiger partial charge on any atom is -0.484 e. The van der Waals surface area contributed by atoms with E-state index in [-0.39, 0.29) is 27.2 Å². The molecule has 0 bridgehead atoms. The van der Waals surface area contributed by atoms with Crippen molar-refractivity contribution in [2.45, 2.75) is 4.90 Å². The molecule has 0 heterocycles. The van der Waals surface area contributed by atoms with Crippen molar-refractivity contribution in [2.24, 2.45) is 0 Å². The van der Waals surface area contributed by atoms with E-state index in [1.54, 1.807) is 18.2 Å². The van der Waals surface area contributed by atoms with Crippen LogP contribution in [0.5, 0.6) is 5.75 Å². The summed E-state index contributed by atoms with van der Waals surface area (Å²) in [5, 5.41) is 3.66. The summed E-state index contributed by atoms with van der Waals surface area (Å²) in [7, 11) is -3.85. The SMILES string of the molecule is O=C(COc1ccc(S(=O)(=O)Nc2ccc(Cl)c(Cl)c2)cc1)Nc1cccc(Cl)c1Cl. The average molecular weight is 520 g/mol. The summed E-state index contributed by atoms with van der Waals surface area (Å²) < 4.78 is 32.8. The monoisotopic (exact) mass is 518 g/mol. The number of rotatable bonds is 7. The molecular weight excluding hydrogens is 506 g/mol. The van der Waals surface area contributed by atoms with Gasteiger partial charge in [0.25, 0.3) is 15.9 Å². The van der Waals surface area contributed by atoms with Crippen molar-refractivity contribution in [3.05, 3.63) is 80.8 Å². The maximum absolute atomic E-state index is 12.5. The van der Waals surface area contributed by atoms with Crippen LogP contribution in [0.15, 0.2) is 65.6 Å². The summed E-state index contributed by atoms with van der Waals surface area (Å²) in [6.07, 6.45) is 0. The van der Waals surface area contributed by atoms with E-state index in [2.05, 4.69) is 10.0 Å². The van der Waals surface area contributed by atoms with Crippen molar-refractivity contribution in [1.82, 2.24) is 0 Å². The molecule has 3 aromatic carbocycles. The predicted molar refractivity (Wildman–Crippen MR) is 124 cm³/mol. The third kappa shape index (κ3) is 6.18. The summed E-state index contributed by atoms with van der Waals surface area (Å²) in [5.74, 6) is -0.150. The predicted octanol–water partition coefficient (Wildman–Crippen LogP) is 6.12. The number of hydrogen-bond donors (Lipinski definition) is 2. The number of carbonyl (C=O) groups excluding carboxylic acids is 1. The minimum atomic E-state index is -3.85. The molecule has 0 atom stereocenters. The van der Waals surface area contributed by atoms with E-state index in [1.807, 2.05) is 0 Å². The van der Waals surface area contributed by atoms with Gasteiger partial charge < -0.3 is 10.1 Å². The van der Waals surface area contributed by atoms with Gasteiger partial charge in [-0.25, -0.2) is 8.42 Å². The molecule has 0 spiro atoms. The Bertz CT molecular complexity index is 1220. The molecule has 0 aliphatic carbocycles. The molecule has 162 valence electrons. The zero-order valence-electron chi connectivity index (χ0n) is 15.5. The molecule has 3 rings (SSSR count). The molecule has 1 amide bonds. The zero-order valence-corrected chi connectivity index (χ0v) is 19.4. The molecule has 0 aromatic heterocycles. The Morgan fingerprint density at radius 2 is 1.58 bits per heavy atom. The molecule has 31 heavy (non-hydrogen) atoms. The third-order valence-corrected chi connectivity index (χ3v) is 6.86. The molecule has 0 saturated carbocycles. The standard InChI is InChI=1S/C20H14Cl4N2O4S/c21-15-9-4-12(10-17(15)23)26-31(28,29)14-7-5-13(6-8-14)30-11-19(27)25-18-3-1-2-16(22)20(18)24/h1-10,26H,11H2,(H,25,27). The Labute approximate surface area is 199 Å². The minimum absolute atomic E-state index is 0.00100. The Morgan fingerprint density at radius 3 is 2.26 bits per heavy atom. The van der Waals surface area contributed by atoms with Crippen LogP contribution in [-0.4, -0.2) is 20.9 Å². The Hall–Kier alpha value is -2.16. The first-order valence-corrected chi connectivity index (χ1v) is 11.6. The highest BCUT2D eigenvalue weighted by Gasteiger charge is 2.15. The smallest absolute Gasteiger partial charge is 0.262 e. The van der Waals surface area contributed by atoms with Gasteiger partial charge in [-0.15, -0.1) is 0 Å². The molecule has 0 saturated heterocycles. The first-order chi connectivity index (χ1) is 14.7. The highest BCUT2D eigenvalue weighted by atomic mass is 35.5. The number of benzene rings is 3. The molecule has 3 aromatic rings. The molecule has 2 N–H and O–H groups in total. The maximum atomic E-state index is 12.5. The Kier molecular flexibility index (Phi) is 7.56. The molecular formula is C20H14Cl4N2O4S. The largest absolute Gasteiger partial charge is 0.484 e. The van der Waals surface area contributed by atoms with Gasteiger partial charge in [0.05, 0.1) is 36.4 Å². The van der Waals surface area contributed by atoms with Crippen LogP contribution in [-0.2, 0) is 14.8 Å². The fourth-order valence-corrected chi connectivity index (χ4v) is 4.12. The van der Waals surface area contributed by atoms with Gasteiger partial charge in [0.1, 0.15) is 5.75 Å². The number of halogens is 4. The average Bonchev–Trinajstić information content (AvgIpc) is 2.73. The van der Waals surface area contributed by atoms with E-state index in [1.165, 1.54) is 42.5 Å². The highest BCUT2D eigenvalue weighted by molar-refractivity contribution is 7.92. The van der Waals surface area contributed by atoms with Gasteiger partial charge in [-0.3, -0.25) is 9.52 Å². The van der Waals surface area contributed by atoms with Crippen molar-refractivity contribution in [3.8, 4) is 5.75 Å². The van der Waals surface area contributed by atoms with E-state index >= 15 is 0 Å². The topological polar surface area (TPSA) is 84.5 Å². The highest BCUT2D eigenvalue weighted by Crippen LogP contribution is 2.29. The van der Waals surface area contributed by atoms with Crippen molar-refractivity contribution in [2.75, 3.05) is 16.6 Å². The second-order valence-corrected chi connectivity index (χ2v) is 9.43. The van der Waals surface area contributed by atoms with Gasteiger partial charge in [-0.05, 0) is 54.6 Å². The van der Waals surface area contributed by atoms with Crippen LogP contribution in [0.3, 0.4) is 0 Å². The summed E-state index contributed by atoms with van der Waals surface area (Å²) in [4.78, 5) is 12.1. The molecule has 0 unspecified atom stereocenters. The number of carbonyl (C=O) groups is 1. The van der Waals surface area contributed by atoms with Gasteiger partial charge in [-0.1, -0.05) is 52.5 Å². The van der Waals surface area contributed by atoms with Crippen molar-refractivity contribution < 1.29 is 17.9 Å². The van der Waals surface area contributed by atoms with Crippen LogP contribution in [0, 0.1) is 0 Å². The molecule has 0 fully saturated rings. The number of sulfonamides is 1. The van der Waals surface area contributed by atoms with E-state index in [0.29, 0.717) is 21.5 Å². The van der Waals surface area contributed by atoms with Crippen LogP contribution in [0.2, 0.25) is 20.1 Å². The lowest BCUT2D eigenvalue weighted by atomic mass is 10.3. The first-order valence-electron chi connectivity index (χ1n) is 8.60. The number of hydrogen-bond acceptors (Lipinski definition) is 4. The molecule has 0 radical (unpaired) electrons. The van der Waals surface area contributed by atoms with Crippen molar-refractivity contribution in [1.29, 1.82) is 0 Å². The lowest BCUT2D eigenvalue weighted by molar-refractivity contribution is -0.118. The zero-order chi connectivity index (χ0) is 22.6. The van der Waals surface area contributed by atoms with E-state index in [9.17, 15) is 13.2 Å². The summed E-state index contributed by atoms with van der Waals surface area (Å²) in [5.41, 5.74) is 0.628. The number of ether oxygens (including phenoxy) is 1. The summed E-state index contributed by atoms with van der Waals surface area (Å²) >= 11 is 23.7. The number of nitrogens with one attached hydrogen (secondary N) is 2. The summed E-state index contributed by atoms with van der Waals surface area (Å²) in [6, 6.07) is 14.8. The lowest BCUT2D eigenvalue weighted by Crippen LogP contribution is -2.20. The van der Waals surface area contributed by atoms with E-state index < -0.39 is 15.9 Å². The second kappa shape index (κ2) is 9.97. The van der Waals surface area contributed by atoms with Crippen LogP contribution < -0.4 is 14.8 Å². The first kappa shape index (κ1) is 23.5. The molecule has 6 nitrogen and oxygen atoms in total. The van der Waals surface area contributed by atoms with E-state index in [4.69, 9.17) is 51.1 Å². The molecule has 11 heteroatoms. The molecule has 0 aliphatic heterocycles. The Morgan fingerprint density at radius 1 is 0.871 bits per heavy atom. The fourth-order valence-electron chi connectivity index (χ4n) is 2.42. The third-order valence-electron chi connectivity index (χ3n) is 3.90. The summed E-state index contributed by atoms with van der Waals surface area (Å²) in [6.45, 7) is -0.309. The fraction of sp³-hybridized carbons (Fsp3) is 0.0500.